The van der Waals surface area contributed by atoms with Gasteiger partial charge in [0.2, 0.25) is 0 Å². The second kappa shape index (κ2) is 7.01. The average molecular weight is 345 g/mol. The summed E-state index contributed by atoms with van der Waals surface area (Å²) in [6, 6.07) is 1.64. The summed E-state index contributed by atoms with van der Waals surface area (Å²) in [5, 5.41) is 18.7. The molecule has 1 aromatic rings. The summed E-state index contributed by atoms with van der Waals surface area (Å²) in [4.78, 5) is 6.50. The molecule has 1 aliphatic rings. The highest BCUT2D eigenvalue weighted by atomic mass is 35.5. The van der Waals surface area contributed by atoms with Crippen LogP contribution in [0.4, 0.5) is 4.39 Å². The molecule has 0 spiro atoms. The van der Waals surface area contributed by atoms with Gasteiger partial charge < -0.3 is 10.2 Å². The molecule has 0 aromatic carbocycles. The molecule has 2 rings (SSSR count). The van der Waals surface area contributed by atoms with Crippen LogP contribution in [0, 0.1) is 0 Å². The van der Waals surface area contributed by atoms with Crippen molar-refractivity contribution < 1.29 is 14.6 Å². The normalized spacial score (nSPS) is 20.5. The maximum atomic E-state index is 15.3. The summed E-state index contributed by atoms with van der Waals surface area (Å²) in [5.41, 5.74) is -0.499. The number of nitrogens with zero attached hydrogens (tertiary/aromatic N) is 2. The third kappa shape index (κ3) is 4.41. The molecular formula is C17H26ClFN2O2. The number of hydrogen-bond acceptors (Lipinski definition) is 4. The molecule has 0 aliphatic carbocycles. The zero-order chi connectivity index (χ0) is 17.3. The number of halogens is 2. The lowest BCUT2D eigenvalue weighted by atomic mass is 9.87. The van der Waals surface area contributed by atoms with Gasteiger partial charge in [-0.25, -0.2) is 4.39 Å². The van der Waals surface area contributed by atoms with Crippen LogP contribution in [0.5, 0.6) is 0 Å². The van der Waals surface area contributed by atoms with E-state index in [1.165, 1.54) is 6.20 Å². The second-order valence-corrected chi connectivity index (χ2v) is 7.74. The van der Waals surface area contributed by atoms with Crippen LogP contribution in [-0.4, -0.2) is 51.4 Å². The standard InChI is InChI=1S/C17H26ClFN2O2/c1-16(2,3)21-6-4-17(19,5-7-21)15-14(18)9-12(10-20-15)8-13(23)11-22/h9-10,13,22-23H,4-8,11H2,1-3H3/t13-/m0/s1. The molecule has 1 aromatic heterocycles. The van der Waals surface area contributed by atoms with Crippen LogP contribution in [-0.2, 0) is 12.1 Å². The van der Waals surface area contributed by atoms with Gasteiger partial charge in [-0.2, -0.15) is 0 Å². The van der Waals surface area contributed by atoms with Crippen LogP contribution in [0.25, 0.3) is 0 Å². The number of rotatable bonds is 4. The predicted octanol–water partition coefficient (Wildman–Crippen LogP) is 2.69. The quantitative estimate of drug-likeness (QED) is 0.881. The van der Waals surface area contributed by atoms with Gasteiger partial charge in [-0.05, 0) is 45.2 Å². The smallest absolute Gasteiger partial charge is 0.156 e. The number of aromatic nitrogens is 1. The first kappa shape index (κ1) is 18.6. The number of aliphatic hydroxyl groups is 2. The van der Waals surface area contributed by atoms with E-state index in [4.69, 9.17) is 16.7 Å². The highest BCUT2D eigenvalue weighted by Gasteiger charge is 2.41. The molecular weight excluding hydrogens is 319 g/mol. The van der Waals surface area contributed by atoms with E-state index in [1.54, 1.807) is 6.07 Å². The van der Waals surface area contributed by atoms with Crippen LogP contribution in [0.1, 0.15) is 44.9 Å². The molecule has 1 saturated heterocycles. The van der Waals surface area contributed by atoms with Crippen molar-refractivity contribution in [3.05, 3.63) is 28.5 Å². The van der Waals surface area contributed by atoms with E-state index in [1.807, 2.05) is 0 Å². The monoisotopic (exact) mass is 344 g/mol. The van der Waals surface area contributed by atoms with Gasteiger partial charge in [0.1, 0.15) is 0 Å². The van der Waals surface area contributed by atoms with Crippen LogP contribution in [0.2, 0.25) is 5.02 Å². The molecule has 0 saturated carbocycles. The summed E-state index contributed by atoms with van der Waals surface area (Å²) < 4.78 is 15.3. The Morgan fingerprint density at radius 1 is 1.39 bits per heavy atom. The third-order valence-corrected chi connectivity index (χ3v) is 4.80. The molecule has 4 nitrogen and oxygen atoms in total. The van der Waals surface area contributed by atoms with E-state index in [0.717, 1.165) is 0 Å². The van der Waals surface area contributed by atoms with Gasteiger partial charge in [0.25, 0.3) is 0 Å². The zero-order valence-electron chi connectivity index (χ0n) is 14.0. The van der Waals surface area contributed by atoms with Crippen molar-refractivity contribution in [2.45, 2.75) is 57.3 Å². The van der Waals surface area contributed by atoms with Crippen LogP contribution in [0.3, 0.4) is 0 Å². The minimum Gasteiger partial charge on any atom is -0.394 e. The van der Waals surface area contributed by atoms with E-state index < -0.39 is 11.8 Å². The van der Waals surface area contributed by atoms with Crippen molar-refractivity contribution >= 4 is 11.6 Å². The molecule has 1 aliphatic heterocycles. The van der Waals surface area contributed by atoms with Crippen LogP contribution >= 0.6 is 11.6 Å². The molecule has 0 bridgehead atoms. The fourth-order valence-electron chi connectivity index (χ4n) is 3.02. The number of piperidine rings is 1. The van der Waals surface area contributed by atoms with Crippen molar-refractivity contribution in [2.24, 2.45) is 0 Å². The van der Waals surface area contributed by atoms with E-state index in [-0.39, 0.29) is 24.3 Å². The van der Waals surface area contributed by atoms with Crippen molar-refractivity contribution in [3.63, 3.8) is 0 Å². The van der Waals surface area contributed by atoms with Crippen molar-refractivity contribution in [3.8, 4) is 0 Å². The Morgan fingerprint density at radius 2 is 2.00 bits per heavy atom. The molecule has 23 heavy (non-hydrogen) atoms. The van der Waals surface area contributed by atoms with Crippen LogP contribution < -0.4 is 0 Å². The van der Waals surface area contributed by atoms with Gasteiger partial charge in [0, 0.05) is 31.2 Å². The van der Waals surface area contributed by atoms with Crippen molar-refractivity contribution in [1.29, 1.82) is 0 Å². The minimum absolute atomic E-state index is 0.0306. The Balaban J connectivity index is 2.12. The fraction of sp³-hybridized carbons (Fsp3) is 0.706. The topological polar surface area (TPSA) is 56.6 Å². The maximum absolute atomic E-state index is 15.3. The van der Waals surface area contributed by atoms with Gasteiger partial charge in [0.15, 0.2) is 5.67 Å². The molecule has 2 N–H and O–H groups in total. The number of hydrogen-bond donors (Lipinski definition) is 2. The Bertz CT molecular complexity index is 540. The molecule has 2 heterocycles. The van der Waals surface area contributed by atoms with Gasteiger partial charge in [-0.15, -0.1) is 0 Å². The molecule has 0 radical (unpaired) electrons. The summed E-state index contributed by atoms with van der Waals surface area (Å²) in [6.07, 6.45) is 1.68. The number of pyridine rings is 1. The minimum atomic E-state index is -1.51. The average Bonchev–Trinajstić information content (AvgIpc) is 2.46. The van der Waals surface area contributed by atoms with Gasteiger partial charge in [-0.3, -0.25) is 9.88 Å². The number of likely N-dealkylation sites (tertiary alicyclic amines) is 1. The molecule has 0 amide bonds. The van der Waals surface area contributed by atoms with Crippen molar-refractivity contribution in [2.75, 3.05) is 19.7 Å². The molecule has 6 heteroatoms. The number of aliphatic hydroxyl groups excluding tert-OH is 2. The Hall–Kier alpha value is -0.750. The van der Waals surface area contributed by atoms with Crippen LogP contribution in [0.15, 0.2) is 12.3 Å². The first-order valence-electron chi connectivity index (χ1n) is 8.03. The maximum Gasteiger partial charge on any atom is 0.156 e. The Kier molecular flexibility index (Phi) is 5.67. The highest BCUT2D eigenvalue weighted by molar-refractivity contribution is 6.31. The molecule has 0 unspecified atom stereocenters. The fourth-order valence-corrected chi connectivity index (χ4v) is 3.38. The van der Waals surface area contributed by atoms with E-state index >= 15 is 4.39 Å². The SMILES string of the molecule is CC(C)(C)N1CCC(F)(c2ncc(C[C@H](O)CO)cc2Cl)CC1. The highest BCUT2D eigenvalue weighted by Crippen LogP contribution is 2.40. The summed E-state index contributed by atoms with van der Waals surface area (Å²) in [6.45, 7) is 7.40. The van der Waals surface area contributed by atoms with E-state index in [9.17, 15) is 5.11 Å². The summed E-state index contributed by atoms with van der Waals surface area (Å²) in [7, 11) is 0. The van der Waals surface area contributed by atoms with Gasteiger partial charge >= 0.3 is 0 Å². The number of alkyl halides is 1. The van der Waals surface area contributed by atoms with E-state index in [2.05, 4.69) is 30.7 Å². The first-order valence-corrected chi connectivity index (χ1v) is 8.41. The summed E-state index contributed by atoms with van der Waals surface area (Å²) >= 11 is 6.25. The molecule has 1 fully saturated rings. The summed E-state index contributed by atoms with van der Waals surface area (Å²) in [5.74, 6) is 0. The predicted molar refractivity (Wildman–Crippen MR) is 89.4 cm³/mol. The Morgan fingerprint density at radius 3 is 2.48 bits per heavy atom. The lowest BCUT2D eigenvalue weighted by Gasteiger charge is -2.43. The molecule has 1 atom stereocenters. The zero-order valence-corrected chi connectivity index (χ0v) is 14.8. The molecule has 130 valence electrons. The Labute approximate surface area is 142 Å². The first-order chi connectivity index (χ1) is 10.7. The lowest BCUT2D eigenvalue weighted by Crippen LogP contribution is -2.49. The lowest BCUT2D eigenvalue weighted by molar-refractivity contribution is 0.0125. The second-order valence-electron chi connectivity index (χ2n) is 7.34. The largest absolute Gasteiger partial charge is 0.394 e. The van der Waals surface area contributed by atoms with Crippen molar-refractivity contribution in [1.82, 2.24) is 9.88 Å². The van der Waals surface area contributed by atoms with Gasteiger partial charge in [0.05, 0.1) is 23.4 Å². The van der Waals surface area contributed by atoms with Gasteiger partial charge in [-0.1, -0.05) is 11.6 Å². The third-order valence-electron chi connectivity index (χ3n) is 4.51. The van der Waals surface area contributed by atoms with E-state index in [0.29, 0.717) is 36.5 Å².